The first-order chi connectivity index (χ1) is 13.1. The topological polar surface area (TPSA) is 79.4 Å². The largest absolute Gasteiger partial charge is 0.465 e. The molecule has 0 spiro atoms. The maximum absolute atomic E-state index is 11.2. The Morgan fingerprint density at radius 2 is 1.67 bits per heavy atom. The molecular weight excluding hydrogens is 344 g/mol. The van der Waals surface area contributed by atoms with E-state index >= 15 is 0 Å². The van der Waals surface area contributed by atoms with Gasteiger partial charge in [-0.3, -0.25) is 9.36 Å². The summed E-state index contributed by atoms with van der Waals surface area (Å²) >= 11 is 0. The zero-order valence-electron chi connectivity index (χ0n) is 15.9. The number of rotatable bonds is 3. The minimum atomic E-state index is -0.782. The van der Waals surface area contributed by atoms with E-state index in [1.807, 2.05) is 30.2 Å². The Kier molecular flexibility index (Phi) is 5.15. The molecule has 27 heavy (non-hydrogen) atoms. The Morgan fingerprint density at radius 3 is 2.37 bits per heavy atom. The van der Waals surface area contributed by atoms with Crippen molar-refractivity contribution < 1.29 is 9.90 Å². The fourth-order valence-corrected chi connectivity index (χ4v) is 4.56. The van der Waals surface area contributed by atoms with Gasteiger partial charge in [0.1, 0.15) is 0 Å². The fraction of sp³-hybridized carbons (Fsp3) is 0.632. The summed E-state index contributed by atoms with van der Waals surface area (Å²) in [5, 5.41) is 18.1. The Labute approximate surface area is 159 Å². The minimum Gasteiger partial charge on any atom is -0.465 e. The quantitative estimate of drug-likeness (QED) is 0.895. The summed E-state index contributed by atoms with van der Waals surface area (Å²) in [6.07, 6.45) is 8.06. The summed E-state index contributed by atoms with van der Waals surface area (Å²) in [6, 6.07) is 5.00. The van der Waals surface area contributed by atoms with Gasteiger partial charge in [0.15, 0.2) is 0 Å². The van der Waals surface area contributed by atoms with Crippen molar-refractivity contribution in [3.8, 4) is 11.4 Å². The molecule has 0 aliphatic carbocycles. The highest BCUT2D eigenvalue weighted by Gasteiger charge is 2.29. The lowest BCUT2D eigenvalue weighted by Gasteiger charge is -2.37. The number of amides is 1. The average Bonchev–Trinajstić information content (AvgIpc) is 3.23. The van der Waals surface area contributed by atoms with Crippen molar-refractivity contribution in [3.63, 3.8) is 0 Å². The van der Waals surface area contributed by atoms with Crippen LogP contribution in [-0.4, -0.2) is 72.8 Å². The van der Waals surface area contributed by atoms with Gasteiger partial charge in [-0.2, -0.15) is 10.2 Å². The molecule has 1 atom stereocenters. The summed E-state index contributed by atoms with van der Waals surface area (Å²) in [6.45, 7) is 3.42. The normalized spacial score (nSPS) is 22.7. The molecule has 2 aliphatic heterocycles. The third-order valence-electron chi connectivity index (χ3n) is 6.08. The van der Waals surface area contributed by atoms with Crippen molar-refractivity contribution in [1.82, 2.24) is 29.4 Å². The van der Waals surface area contributed by atoms with Crippen LogP contribution in [0, 0.1) is 0 Å². The predicted molar refractivity (Wildman–Crippen MR) is 102 cm³/mol. The van der Waals surface area contributed by atoms with E-state index in [1.54, 1.807) is 4.90 Å². The molecule has 0 bridgehead atoms. The van der Waals surface area contributed by atoms with Crippen LogP contribution in [0.15, 0.2) is 24.5 Å². The van der Waals surface area contributed by atoms with Crippen LogP contribution in [0.2, 0.25) is 0 Å². The second-order valence-corrected chi connectivity index (χ2v) is 7.62. The van der Waals surface area contributed by atoms with Crippen molar-refractivity contribution in [1.29, 1.82) is 0 Å². The first kappa shape index (κ1) is 18.0. The van der Waals surface area contributed by atoms with Gasteiger partial charge in [0.25, 0.3) is 0 Å². The number of nitrogens with zero attached hydrogens (tertiary/aromatic N) is 6. The van der Waals surface area contributed by atoms with E-state index in [2.05, 4.69) is 25.8 Å². The highest BCUT2D eigenvalue weighted by molar-refractivity contribution is 5.64. The van der Waals surface area contributed by atoms with Crippen LogP contribution in [0.1, 0.15) is 38.1 Å². The number of hydrogen-bond donors (Lipinski definition) is 1. The first-order valence-corrected chi connectivity index (χ1v) is 9.87. The van der Waals surface area contributed by atoms with E-state index in [9.17, 15) is 9.90 Å². The van der Waals surface area contributed by atoms with Gasteiger partial charge >= 0.3 is 6.09 Å². The van der Waals surface area contributed by atoms with Crippen LogP contribution in [-0.2, 0) is 7.05 Å². The summed E-state index contributed by atoms with van der Waals surface area (Å²) in [4.78, 5) is 15.3. The van der Waals surface area contributed by atoms with Gasteiger partial charge in [-0.25, -0.2) is 4.79 Å². The molecule has 0 radical (unpaired) electrons. The fourth-order valence-electron chi connectivity index (χ4n) is 4.56. The smallest absolute Gasteiger partial charge is 0.407 e. The number of hydrogen-bond acceptors (Lipinski definition) is 4. The van der Waals surface area contributed by atoms with Gasteiger partial charge in [0.2, 0.25) is 0 Å². The molecule has 2 aliphatic rings. The lowest BCUT2D eigenvalue weighted by molar-refractivity contribution is 0.118. The molecule has 8 nitrogen and oxygen atoms in total. The van der Waals surface area contributed by atoms with Crippen molar-refractivity contribution in [2.24, 2.45) is 7.05 Å². The summed E-state index contributed by atoms with van der Waals surface area (Å²) in [5.74, 6) is 0. The summed E-state index contributed by atoms with van der Waals surface area (Å²) < 4.78 is 4.05. The van der Waals surface area contributed by atoms with E-state index in [4.69, 9.17) is 0 Å². The van der Waals surface area contributed by atoms with Crippen molar-refractivity contribution in [3.05, 3.63) is 24.5 Å². The average molecular weight is 372 g/mol. The minimum absolute atomic E-state index is 0.405. The lowest BCUT2D eigenvalue weighted by atomic mass is 9.99. The van der Waals surface area contributed by atoms with Gasteiger partial charge in [0, 0.05) is 51.7 Å². The van der Waals surface area contributed by atoms with Gasteiger partial charge in [0.05, 0.1) is 17.4 Å². The molecule has 8 heteroatoms. The summed E-state index contributed by atoms with van der Waals surface area (Å²) in [5.41, 5.74) is 2.22. The van der Waals surface area contributed by atoms with Crippen LogP contribution < -0.4 is 0 Å². The molecule has 2 fully saturated rings. The highest BCUT2D eigenvalue weighted by atomic mass is 16.4. The van der Waals surface area contributed by atoms with Crippen LogP contribution >= 0.6 is 0 Å². The molecule has 2 saturated heterocycles. The number of carboxylic acid groups (broad SMARTS) is 1. The number of carbonyl (C=O) groups is 1. The Bertz CT molecular complexity index is 777. The van der Waals surface area contributed by atoms with Crippen molar-refractivity contribution >= 4 is 6.09 Å². The number of piperidine rings is 1. The SMILES string of the molecule is Cn1nccc1-c1ccnn1C1CCN(C2CCCN(C(=O)O)CC2)CC1. The Morgan fingerprint density at radius 1 is 0.963 bits per heavy atom. The molecular formula is C19H28N6O2. The van der Waals surface area contributed by atoms with Crippen molar-refractivity contribution in [2.45, 2.75) is 44.2 Å². The van der Waals surface area contributed by atoms with E-state index in [0.717, 1.165) is 56.6 Å². The van der Waals surface area contributed by atoms with E-state index in [-0.39, 0.29) is 0 Å². The summed E-state index contributed by atoms with van der Waals surface area (Å²) in [7, 11) is 1.96. The molecule has 2 aromatic rings. The molecule has 2 aromatic heterocycles. The molecule has 0 saturated carbocycles. The van der Waals surface area contributed by atoms with Crippen LogP contribution in [0.25, 0.3) is 11.4 Å². The van der Waals surface area contributed by atoms with E-state index in [0.29, 0.717) is 25.2 Å². The molecule has 4 rings (SSSR count). The second-order valence-electron chi connectivity index (χ2n) is 7.62. The van der Waals surface area contributed by atoms with Crippen molar-refractivity contribution in [2.75, 3.05) is 26.2 Å². The zero-order valence-corrected chi connectivity index (χ0v) is 15.9. The third kappa shape index (κ3) is 3.71. The standard InChI is InChI=1S/C19H28N6O2/c1-22-17(4-9-20-22)18-5-10-21-25(18)16-7-12-23(13-8-16)15-3-2-11-24(14-6-15)19(26)27/h4-5,9-10,15-16H,2-3,6-8,11-14H2,1H3,(H,26,27). The maximum atomic E-state index is 11.2. The second kappa shape index (κ2) is 7.72. The van der Waals surface area contributed by atoms with Crippen LogP contribution in [0.5, 0.6) is 0 Å². The predicted octanol–water partition coefficient (Wildman–Crippen LogP) is 2.45. The highest BCUT2D eigenvalue weighted by Crippen LogP contribution is 2.30. The van der Waals surface area contributed by atoms with Gasteiger partial charge in [-0.15, -0.1) is 0 Å². The first-order valence-electron chi connectivity index (χ1n) is 9.87. The van der Waals surface area contributed by atoms with E-state index < -0.39 is 6.09 Å². The molecule has 1 amide bonds. The number of likely N-dealkylation sites (tertiary alicyclic amines) is 2. The number of aromatic nitrogens is 4. The maximum Gasteiger partial charge on any atom is 0.407 e. The Balaban J connectivity index is 1.38. The van der Waals surface area contributed by atoms with Gasteiger partial charge < -0.3 is 14.9 Å². The molecule has 0 aromatic carbocycles. The van der Waals surface area contributed by atoms with Crippen LogP contribution in [0.3, 0.4) is 0 Å². The van der Waals surface area contributed by atoms with E-state index in [1.165, 1.54) is 0 Å². The van der Waals surface area contributed by atoms with Gasteiger partial charge in [-0.05, 0) is 44.2 Å². The van der Waals surface area contributed by atoms with Crippen LogP contribution in [0.4, 0.5) is 4.79 Å². The monoisotopic (exact) mass is 372 g/mol. The molecule has 1 N–H and O–H groups in total. The molecule has 4 heterocycles. The number of aryl methyl sites for hydroxylation is 1. The Hall–Kier alpha value is -2.35. The molecule has 1 unspecified atom stereocenters. The third-order valence-corrected chi connectivity index (χ3v) is 6.08. The molecule has 146 valence electrons. The lowest BCUT2D eigenvalue weighted by Crippen LogP contribution is -2.42. The zero-order chi connectivity index (χ0) is 18.8. The van der Waals surface area contributed by atoms with Gasteiger partial charge in [-0.1, -0.05) is 0 Å².